The molecule has 0 radical (unpaired) electrons. The molecule has 1 heterocycles. The second-order valence-corrected chi connectivity index (χ2v) is 5.78. The van der Waals surface area contributed by atoms with Crippen molar-refractivity contribution >= 4 is 0 Å². The molecular formula is C15H21N3O. The number of benzene rings is 1. The number of para-hydroxylation sites is 1. The number of nitrogens with zero attached hydrogens (tertiary/aromatic N) is 2. The van der Waals surface area contributed by atoms with Gasteiger partial charge in [-0.3, -0.25) is 0 Å². The summed E-state index contributed by atoms with van der Waals surface area (Å²) in [6.45, 7) is 6.07. The van der Waals surface area contributed by atoms with Gasteiger partial charge in [0.05, 0.1) is 11.4 Å². The van der Waals surface area contributed by atoms with Crippen LogP contribution in [0, 0.1) is 5.41 Å². The van der Waals surface area contributed by atoms with E-state index in [0.29, 0.717) is 5.69 Å². The van der Waals surface area contributed by atoms with E-state index in [1.165, 1.54) is 0 Å². The molecule has 1 atom stereocenters. The molecule has 1 unspecified atom stereocenters. The predicted molar refractivity (Wildman–Crippen MR) is 76.0 cm³/mol. The average molecular weight is 259 g/mol. The van der Waals surface area contributed by atoms with Crippen molar-refractivity contribution in [2.75, 3.05) is 6.54 Å². The van der Waals surface area contributed by atoms with Crippen molar-refractivity contribution in [2.45, 2.75) is 26.4 Å². The standard InChI is InChI=1S/C15H21N3O/c1-14(2,3)15(19,11-16)13-9-10-17-18(13)12-7-5-4-6-8-12/h4-10,19H,11,16H2,1-3H3. The molecule has 19 heavy (non-hydrogen) atoms. The Bertz CT molecular complexity index is 542. The molecule has 0 spiro atoms. The maximum Gasteiger partial charge on any atom is 0.123 e. The molecule has 102 valence electrons. The first-order valence-electron chi connectivity index (χ1n) is 6.42. The number of rotatable bonds is 3. The number of hydrogen-bond acceptors (Lipinski definition) is 3. The zero-order valence-corrected chi connectivity index (χ0v) is 11.7. The molecule has 0 saturated heterocycles. The minimum atomic E-state index is -1.13. The van der Waals surface area contributed by atoms with Crippen molar-refractivity contribution in [1.29, 1.82) is 0 Å². The van der Waals surface area contributed by atoms with Gasteiger partial charge in [-0.25, -0.2) is 4.68 Å². The largest absolute Gasteiger partial charge is 0.382 e. The fourth-order valence-electron chi connectivity index (χ4n) is 2.19. The SMILES string of the molecule is CC(C)(C)C(O)(CN)c1ccnn1-c1ccccc1. The van der Waals surface area contributed by atoms with Crippen LogP contribution in [-0.4, -0.2) is 21.4 Å². The van der Waals surface area contributed by atoms with Crippen molar-refractivity contribution in [3.8, 4) is 5.69 Å². The van der Waals surface area contributed by atoms with Gasteiger partial charge in [-0.15, -0.1) is 0 Å². The quantitative estimate of drug-likeness (QED) is 0.887. The smallest absolute Gasteiger partial charge is 0.123 e. The van der Waals surface area contributed by atoms with E-state index < -0.39 is 5.60 Å². The van der Waals surface area contributed by atoms with E-state index in [1.54, 1.807) is 10.9 Å². The lowest BCUT2D eigenvalue weighted by atomic mass is 9.74. The third kappa shape index (κ3) is 2.29. The molecular weight excluding hydrogens is 238 g/mol. The van der Waals surface area contributed by atoms with Crippen LogP contribution < -0.4 is 5.73 Å². The van der Waals surface area contributed by atoms with Crippen LogP contribution in [0.15, 0.2) is 42.6 Å². The lowest BCUT2D eigenvalue weighted by molar-refractivity contribution is -0.0610. The fraction of sp³-hybridized carbons (Fsp3) is 0.400. The third-order valence-electron chi connectivity index (χ3n) is 3.60. The molecule has 0 amide bonds. The van der Waals surface area contributed by atoms with E-state index in [4.69, 9.17) is 5.73 Å². The van der Waals surface area contributed by atoms with Crippen LogP contribution in [0.4, 0.5) is 0 Å². The van der Waals surface area contributed by atoms with E-state index in [1.807, 2.05) is 57.2 Å². The highest BCUT2D eigenvalue weighted by atomic mass is 16.3. The van der Waals surface area contributed by atoms with E-state index in [-0.39, 0.29) is 12.0 Å². The van der Waals surface area contributed by atoms with Crippen molar-refractivity contribution in [3.63, 3.8) is 0 Å². The summed E-state index contributed by atoms with van der Waals surface area (Å²) in [5, 5.41) is 15.3. The van der Waals surface area contributed by atoms with Crippen LogP contribution in [0.2, 0.25) is 0 Å². The zero-order valence-electron chi connectivity index (χ0n) is 11.7. The lowest BCUT2D eigenvalue weighted by Crippen LogP contribution is -2.47. The predicted octanol–water partition coefficient (Wildman–Crippen LogP) is 2.06. The summed E-state index contributed by atoms with van der Waals surface area (Å²) in [4.78, 5) is 0. The van der Waals surface area contributed by atoms with E-state index in [2.05, 4.69) is 5.10 Å². The molecule has 3 N–H and O–H groups in total. The van der Waals surface area contributed by atoms with E-state index >= 15 is 0 Å². The maximum atomic E-state index is 11.0. The van der Waals surface area contributed by atoms with Crippen LogP contribution in [0.1, 0.15) is 26.5 Å². The highest BCUT2D eigenvalue weighted by Crippen LogP contribution is 2.38. The second-order valence-electron chi connectivity index (χ2n) is 5.78. The third-order valence-corrected chi connectivity index (χ3v) is 3.60. The van der Waals surface area contributed by atoms with Crippen LogP contribution in [0.3, 0.4) is 0 Å². The van der Waals surface area contributed by atoms with Gasteiger partial charge >= 0.3 is 0 Å². The summed E-state index contributed by atoms with van der Waals surface area (Å²) >= 11 is 0. The molecule has 4 heteroatoms. The summed E-state index contributed by atoms with van der Waals surface area (Å²) in [6.07, 6.45) is 1.69. The van der Waals surface area contributed by atoms with Gasteiger partial charge < -0.3 is 10.8 Å². The molecule has 0 bridgehead atoms. The molecule has 4 nitrogen and oxygen atoms in total. The summed E-state index contributed by atoms with van der Waals surface area (Å²) in [5.74, 6) is 0. The fourth-order valence-corrected chi connectivity index (χ4v) is 2.19. The Kier molecular flexibility index (Phi) is 3.47. The Balaban J connectivity index is 2.56. The van der Waals surface area contributed by atoms with Gasteiger partial charge in [-0.05, 0) is 23.6 Å². The summed E-state index contributed by atoms with van der Waals surface area (Å²) < 4.78 is 1.75. The van der Waals surface area contributed by atoms with Crippen LogP contribution in [-0.2, 0) is 5.60 Å². The Morgan fingerprint density at radius 1 is 1.16 bits per heavy atom. The number of hydrogen-bond donors (Lipinski definition) is 2. The monoisotopic (exact) mass is 259 g/mol. The maximum absolute atomic E-state index is 11.0. The second kappa shape index (κ2) is 4.79. The van der Waals surface area contributed by atoms with E-state index in [0.717, 1.165) is 5.69 Å². The summed E-state index contributed by atoms with van der Waals surface area (Å²) in [6, 6.07) is 11.6. The number of nitrogens with two attached hydrogens (primary N) is 1. The molecule has 0 fully saturated rings. The molecule has 0 saturated carbocycles. The first-order valence-corrected chi connectivity index (χ1v) is 6.42. The summed E-state index contributed by atoms with van der Waals surface area (Å²) in [7, 11) is 0. The van der Waals surface area contributed by atoms with Gasteiger partial charge in [0.1, 0.15) is 5.60 Å². The van der Waals surface area contributed by atoms with Crippen molar-refractivity contribution < 1.29 is 5.11 Å². The molecule has 2 aromatic rings. The first-order chi connectivity index (χ1) is 8.90. The minimum Gasteiger partial charge on any atom is -0.382 e. The van der Waals surface area contributed by atoms with E-state index in [9.17, 15) is 5.11 Å². The van der Waals surface area contributed by atoms with Gasteiger partial charge in [0, 0.05) is 12.7 Å². The van der Waals surface area contributed by atoms with Crippen LogP contribution >= 0.6 is 0 Å². The van der Waals surface area contributed by atoms with Crippen molar-refractivity contribution in [3.05, 3.63) is 48.3 Å². The highest BCUT2D eigenvalue weighted by Gasteiger charge is 2.43. The van der Waals surface area contributed by atoms with Crippen molar-refractivity contribution in [1.82, 2.24) is 9.78 Å². The number of aromatic nitrogens is 2. The van der Waals surface area contributed by atoms with Gasteiger partial charge in [0.25, 0.3) is 0 Å². The molecule has 0 aliphatic rings. The topological polar surface area (TPSA) is 64.1 Å². The molecule has 1 aromatic heterocycles. The molecule has 2 rings (SSSR count). The van der Waals surface area contributed by atoms with Gasteiger partial charge in [-0.2, -0.15) is 5.10 Å². The van der Waals surface area contributed by atoms with Gasteiger partial charge in [-0.1, -0.05) is 39.0 Å². The Morgan fingerprint density at radius 2 is 1.79 bits per heavy atom. The van der Waals surface area contributed by atoms with Crippen molar-refractivity contribution in [2.24, 2.45) is 11.1 Å². The van der Waals surface area contributed by atoms with Crippen LogP contribution in [0.25, 0.3) is 5.69 Å². The van der Waals surface area contributed by atoms with Crippen LogP contribution in [0.5, 0.6) is 0 Å². The van der Waals surface area contributed by atoms with Gasteiger partial charge in [0.15, 0.2) is 0 Å². The normalized spacial score (nSPS) is 15.2. The Labute approximate surface area is 113 Å². The molecule has 1 aromatic carbocycles. The molecule has 0 aliphatic carbocycles. The zero-order chi connectivity index (χ0) is 14.1. The van der Waals surface area contributed by atoms with Gasteiger partial charge in [0.2, 0.25) is 0 Å². The Morgan fingerprint density at radius 3 is 2.32 bits per heavy atom. The average Bonchev–Trinajstić information content (AvgIpc) is 2.87. The first kappa shape index (κ1) is 13.8. The highest BCUT2D eigenvalue weighted by molar-refractivity contribution is 5.34. The number of aliphatic hydroxyl groups is 1. The lowest BCUT2D eigenvalue weighted by Gasteiger charge is -2.39. The minimum absolute atomic E-state index is 0.148. The summed E-state index contributed by atoms with van der Waals surface area (Å²) in [5.41, 5.74) is 5.97. The molecule has 0 aliphatic heterocycles. The Hall–Kier alpha value is -1.65.